The van der Waals surface area contributed by atoms with Gasteiger partial charge in [0.25, 0.3) is 0 Å². The van der Waals surface area contributed by atoms with Crippen molar-refractivity contribution in [1.29, 1.82) is 0 Å². The molecule has 1 fully saturated rings. The molecule has 1 aliphatic rings. The third kappa shape index (κ3) is 2.58. The summed E-state index contributed by atoms with van der Waals surface area (Å²) in [6, 6.07) is 10.5. The highest BCUT2D eigenvalue weighted by Gasteiger charge is 2.40. The Balaban J connectivity index is 2.31. The Morgan fingerprint density at radius 1 is 1.11 bits per heavy atom. The Morgan fingerprint density at radius 3 is 2.28 bits per heavy atom. The molecule has 1 aliphatic carbocycles. The summed E-state index contributed by atoms with van der Waals surface area (Å²) in [5, 5.41) is 3.11. The van der Waals surface area contributed by atoms with Crippen LogP contribution in [0.2, 0.25) is 0 Å². The molecular weight excluding hydrogens is 222 g/mol. The van der Waals surface area contributed by atoms with E-state index >= 15 is 0 Å². The average molecular weight is 245 g/mol. The van der Waals surface area contributed by atoms with Crippen molar-refractivity contribution in [3.05, 3.63) is 35.9 Å². The van der Waals surface area contributed by atoms with Crippen molar-refractivity contribution in [3.63, 3.8) is 0 Å². The molecule has 0 aliphatic heterocycles. The quantitative estimate of drug-likeness (QED) is 0.868. The molecule has 0 aromatic heterocycles. The highest BCUT2D eigenvalue weighted by molar-refractivity contribution is 5.88. The van der Waals surface area contributed by atoms with E-state index in [1.54, 1.807) is 0 Å². The van der Waals surface area contributed by atoms with Crippen LogP contribution in [0, 0.1) is 0 Å². The molecule has 0 heterocycles. The maximum atomic E-state index is 12.6. The van der Waals surface area contributed by atoms with E-state index in [0.29, 0.717) is 0 Å². The molecule has 2 heteroatoms. The molecule has 1 N–H and O–H groups in total. The molecule has 0 bridgehead atoms. The topological polar surface area (TPSA) is 29.1 Å². The maximum Gasteiger partial charge on any atom is 0.230 e. The zero-order chi connectivity index (χ0) is 13.0. The van der Waals surface area contributed by atoms with Crippen LogP contribution in [0.3, 0.4) is 0 Å². The van der Waals surface area contributed by atoms with Gasteiger partial charge in [-0.05, 0) is 32.3 Å². The Hall–Kier alpha value is -1.31. The predicted octanol–water partition coefficient (Wildman–Crippen LogP) is 3.41. The van der Waals surface area contributed by atoms with E-state index in [1.165, 1.54) is 12.0 Å². The van der Waals surface area contributed by atoms with E-state index in [1.807, 2.05) is 32.0 Å². The van der Waals surface area contributed by atoms with Crippen LogP contribution >= 0.6 is 0 Å². The summed E-state index contributed by atoms with van der Waals surface area (Å²) in [5.41, 5.74) is 0.895. The van der Waals surface area contributed by atoms with Crippen molar-refractivity contribution >= 4 is 5.91 Å². The molecular formula is C16H23NO. The maximum absolute atomic E-state index is 12.6. The molecule has 0 unspecified atom stereocenters. The minimum atomic E-state index is -0.288. The van der Waals surface area contributed by atoms with Crippen LogP contribution < -0.4 is 5.32 Å². The summed E-state index contributed by atoms with van der Waals surface area (Å²) in [5.74, 6) is 0.211. The summed E-state index contributed by atoms with van der Waals surface area (Å²) < 4.78 is 0. The van der Waals surface area contributed by atoms with Gasteiger partial charge in [0.05, 0.1) is 5.41 Å². The molecule has 0 saturated heterocycles. The van der Waals surface area contributed by atoms with Gasteiger partial charge in [-0.2, -0.15) is 0 Å². The minimum Gasteiger partial charge on any atom is -0.353 e. The molecule has 2 rings (SSSR count). The van der Waals surface area contributed by atoms with Gasteiger partial charge in [-0.3, -0.25) is 4.79 Å². The molecule has 0 spiro atoms. The standard InChI is InChI=1S/C16H23NO/c1-13(2)17-15(18)16(11-7-4-8-12-16)14-9-5-3-6-10-14/h3,5-6,9-10,13H,4,7-8,11-12H2,1-2H3,(H,17,18). The largest absolute Gasteiger partial charge is 0.353 e. The first-order valence-electron chi connectivity index (χ1n) is 7.02. The van der Waals surface area contributed by atoms with E-state index < -0.39 is 0 Å². The van der Waals surface area contributed by atoms with Gasteiger partial charge in [0.2, 0.25) is 5.91 Å². The normalized spacial score (nSPS) is 18.6. The smallest absolute Gasteiger partial charge is 0.230 e. The first kappa shape index (κ1) is 13.1. The molecule has 0 atom stereocenters. The Morgan fingerprint density at radius 2 is 1.72 bits per heavy atom. The first-order chi connectivity index (χ1) is 8.65. The van der Waals surface area contributed by atoms with Gasteiger partial charge in [-0.15, -0.1) is 0 Å². The van der Waals surface area contributed by atoms with Crippen LogP contribution in [0.25, 0.3) is 0 Å². The summed E-state index contributed by atoms with van der Waals surface area (Å²) in [6.45, 7) is 4.05. The Labute approximate surface area is 110 Å². The fourth-order valence-corrected chi connectivity index (χ4v) is 2.96. The Kier molecular flexibility index (Phi) is 4.05. The number of hydrogen-bond donors (Lipinski definition) is 1. The van der Waals surface area contributed by atoms with Gasteiger partial charge >= 0.3 is 0 Å². The first-order valence-corrected chi connectivity index (χ1v) is 7.02. The van der Waals surface area contributed by atoms with Crippen molar-refractivity contribution in [2.75, 3.05) is 0 Å². The SMILES string of the molecule is CC(C)NC(=O)C1(c2ccccc2)CCCCC1. The molecule has 1 aromatic rings. The summed E-state index contributed by atoms with van der Waals surface area (Å²) in [4.78, 5) is 12.6. The summed E-state index contributed by atoms with van der Waals surface area (Å²) in [6.07, 6.45) is 5.52. The van der Waals surface area contributed by atoms with Gasteiger partial charge in [-0.25, -0.2) is 0 Å². The van der Waals surface area contributed by atoms with Crippen LogP contribution in [0.4, 0.5) is 0 Å². The third-order valence-electron chi connectivity index (χ3n) is 3.89. The minimum absolute atomic E-state index is 0.208. The number of carbonyl (C=O) groups is 1. The number of rotatable bonds is 3. The lowest BCUT2D eigenvalue weighted by molar-refractivity contribution is -0.128. The number of nitrogens with one attached hydrogen (secondary N) is 1. The van der Waals surface area contributed by atoms with Crippen LogP contribution in [0.5, 0.6) is 0 Å². The van der Waals surface area contributed by atoms with Gasteiger partial charge in [0.1, 0.15) is 0 Å². The number of amides is 1. The fraction of sp³-hybridized carbons (Fsp3) is 0.562. The van der Waals surface area contributed by atoms with E-state index in [0.717, 1.165) is 25.7 Å². The van der Waals surface area contributed by atoms with Crippen LogP contribution in [0.15, 0.2) is 30.3 Å². The van der Waals surface area contributed by atoms with E-state index in [4.69, 9.17) is 0 Å². The molecule has 1 saturated carbocycles. The van der Waals surface area contributed by atoms with Gasteiger partial charge in [-0.1, -0.05) is 49.6 Å². The van der Waals surface area contributed by atoms with Crippen LogP contribution in [0.1, 0.15) is 51.5 Å². The predicted molar refractivity (Wildman–Crippen MR) is 74.5 cm³/mol. The zero-order valence-electron chi connectivity index (χ0n) is 11.4. The molecule has 1 amide bonds. The molecule has 0 radical (unpaired) electrons. The molecule has 1 aromatic carbocycles. The molecule has 18 heavy (non-hydrogen) atoms. The van der Waals surface area contributed by atoms with Crippen molar-refractivity contribution in [3.8, 4) is 0 Å². The lowest BCUT2D eigenvalue weighted by Crippen LogP contribution is -2.48. The van der Waals surface area contributed by atoms with Crippen molar-refractivity contribution < 1.29 is 4.79 Å². The average Bonchev–Trinajstić information content (AvgIpc) is 2.40. The second-order valence-corrected chi connectivity index (χ2v) is 5.64. The number of benzene rings is 1. The number of carbonyl (C=O) groups excluding carboxylic acids is 1. The lowest BCUT2D eigenvalue weighted by Gasteiger charge is -2.37. The summed E-state index contributed by atoms with van der Waals surface area (Å²) in [7, 11) is 0. The highest BCUT2D eigenvalue weighted by atomic mass is 16.2. The van der Waals surface area contributed by atoms with Crippen molar-refractivity contribution in [2.45, 2.75) is 57.4 Å². The lowest BCUT2D eigenvalue weighted by atomic mass is 9.68. The third-order valence-corrected chi connectivity index (χ3v) is 3.89. The fourth-order valence-electron chi connectivity index (χ4n) is 2.96. The van der Waals surface area contributed by atoms with Crippen molar-refractivity contribution in [2.24, 2.45) is 0 Å². The Bertz CT molecular complexity index is 391. The number of hydrogen-bond acceptors (Lipinski definition) is 1. The van der Waals surface area contributed by atoms with Crippen LogP contribution in [-0.2, 0) is 10.2 Å². The zero-order valence-corrected chi connectivity index (χ0v) is 11.4. The second-order valence-electron chi connectivity index (χ2n) is 5.64. The van der Waals surface area contributed by atoms with Crippen LogP contribution in [-0.4, -0.2) is 11.9 Å². The van der Waals surface area contributed by atoms with Crippen molar-refractivity contribution in [1.82, 2.24) is 5.32 Å². The van der Waals surface area contributed by atoms with Gasteiger partial charge < -0.3 is 5.32 Å². The molecule has 2 nitrogen and oxygen atoms in total. The highest BCUT2D eigenvalue weighted by Crippen LogP contribution is 2.39. The van der Waals surface area contributed by atoms with Gasteiger partial charge in [0, 0.05) is 6.04 Å². The van der Waals surface area contributed by atoms with Gasteiger partial charge in [0.15, 0.2) is 0 Å². The van der Waals surface area contributed by atoms with E-state index in [2.05, 4.69) is 17.4 Å². The second kappa shape index (κ2) is 5.55. The van der Waals surface area contributed by atoms with E-state index in [9.17, 15) is 4.79 Å². The molecule has 98 valence electrons. The monoisotopic (exact) mass is 245 g/mol. The summed E-state index contributed by atoms with van der Waals surface area (Å²) >= 11 is 0. The van der Waals surface area contributed by atoms with E-state index in [-0.39, 0.29) is 17.4 Å².